The van der Waals surface area contributed by atoms with Crippen molar-refractivity contribution >= 4 is 67.3 Å². The number of nitrogen functional groups attached to an aromatic ring is 1. The lowest BCUT2D eigenvalue weighted by molar-refractivity contribution is -0.154. The number of nitrogens with zero attached hydrogens (tertiary/aromatic N) is 4. The summed E-state index contributed by atoms with van der Waals surface area (Å²) in [5, 5.41) is 15.8. The van der Waals surface area contributed by atoms with Crippen molar-refractivity contribution < 1.29 is 45.9 Å². The number of esters is 2. The quantitative estimate of drug-likeness (QED) is 0.0395. The smallest absolute Gasteiger partial charge is 0.375 e. The Morgan fingerprint density at radius 2 is 1.08 bits per heavy atom. The van der Waals surface area contributed by atoms with Gasteiger partial charge in [-0.15, -0.1) is 0 Å². The fourth-order valence-corrected chi connectivity index (χ4v) is 6.39. The summed E-state index contributed by atoms with van der Waals surface area (Å²) in [5.41, 5.74) is 8.10. The van der Waals surface area contributed by atoms with Crippen LogP contribution in [0.25, 0.3) is 43.7 Å². The summed E-state index contributed by atoms with van der Waals surface area (Å²) in [6.45, 7) is 10.5. The molecule has 0 spiro atoms. The fraction of sp³-hybridized carbons (Fsp3) is 0.180. The molecule has 0 amide bonds. The Bertz CT molecular complexity index is 2900. The molecule has 0 saturated heterocycles. The van der Waals surface area contributed by atoms with E-state index >= 15 is 0 Å². The Kier molecular flexibility index (Phi) is 18.2. The number of hydrogen-bond donors (Lipinski definition) is 2. The van der Waals surface area contributed by atoms with Gasteiger partial charge < -0.3 is 27.3 Å². The molecule has 2 aromatic heterocycles. The van der Waals surface area contributed by atoms with Gasteiger partial charge in [-0.05, 0) is 115 Å². The third-order valence-corrected chi connectivity index (χ3v) is 9.35. The zero-order valence-electron chi connectivity index (χ0n) is 36.5. The second-order valence-electron chi connectivity index (χ2n) is 14.2. The highest BCUT2D eigenvalue weighted by Crippen LogP contribution is 2.22. The van der Waals surface area contributed by atoms with E-state index in [4.69, 9.17) is 10.6 Å². The average molecular weight is 882 g/mol. The van der Waals surface area contributed by atoms with Crippen LogP contribution in [0.15, 0.2) is 140 Å². The molecule has 0 radical (unpaired) electrons. The standard InChI is InChI=1S/C17H16N2O2.C16H14N2O.C10H10N2.C7H10O4.ClH/c1-3-21-17(20)16-10-12(2)19(18-16)15-9-8-13-6-4-5-7-14(13)11-15;1-11-9-16(12(2)19)18(17-11)15-8-7-13-5-3-4-6-14(13)10-15;11-12-10-6-5-8-3-1-2-4-9(8)7-10;1-3-11-7(10)6(9)4-5(2)8;/h4-11H,3H2,1-2H3;3-10H,1-2H3;1-7,12H,11H2;3-4H2,1-2H3;1H/p-1. The largest absolute Gasteiger partial charge is 1.00 e. The van der Waals surface area contributed by atoms with E-state index in [1.54, 1.807) is 36.2 Å². The molecule has 0 unspecified atom stereocenters. The van der Waals surface area contributed by atoms with Gasteiger partial charge >= 0.3 is 11.9 Å². The van der Waals surface area contributed by atoms with Crippen LogP contribution in [-0.4, -0.2) is 62.1 Å². The topological polar surface area (TPSA) is 178 Å². The number of aryl methyl sites for hydroxylation is 2. The van der Waals surface area contributed by atoms with Crippen LogP contribution in [0.2, 0.25) is 0 Å². The first-order valence-corrected chi connectivity index (χ1v) is 20.3. The third kappa shape index (κ3) is 13.3. The predicted molar refractivity (Wildman–Crippen MR) is 246 cm³/mol. The van der Waals surface area contributed by atoms with Crippen molar-refractivity contribution in [2.24, 2.45) is 5.84 Å². The van der Waals surface area contributed by atoms with E-state index in [0.29, 0.717) is 18.0 Å². The van der Waals surface area contributed by atoms with Crippen molar-refractivity contribution in [2.45, 2.75) is 48.0 Å². The van der Waals surface area contributed by atoms with Gasteiger partial charge in [0.05, 0.1) is 36.7 Å². The van der Waals surface area contributed by atoms with Crippen LogP contribution in [0.5, 0.6) is 0 Å². The first-order valence-electron chi connectivity index (χ1n) is 20.3. The number of halogens is 1. The molecule has 0 atom stereocenters. The fourth-order valence-electron chi connectivity index (χ4n) is 6.39. The minimum atomic E-state index is -0.928. The van der Waals surface area contributed by atoms with Crippen LogP contribution >= 0.6 is 0 Å². The lowest BCUT2D eigenvalue weighted by Crippen LogP contribution is -3.00. The molecule has 64 heavy (non-hydrogen) atoms. The molecule has 0 bridgehead atoms. The van der Waals surface area contributed by atoms with Crippen LogP contribution in [0.3, 0.4) is 0 Å². The maximum absolute atomic E-state index is 11.8. The number of hydrogen-bond acceptors (Lipinski definition) is 11. The number of ketones is 3. The second-order valence-corrected chi connectivity index (χ2v) is 14.2. The molecule has 0 aliphatic rings. The van der Waals surface area contributed by atoms with Gasteiger partial charge in [0.25, 0.3) is 0 Å². The number of nitrogens with one attached hydrogen (secondary N) is 1. The Labute approximate surface area is 377 Å². The molecular weight excluding hydrogens is 832 g/mol. The molecule has 6 aromatic carbocycles. The molecule has 0 aliphatic carbocycles. The molecule has 0 fully saturated rings. The van der Waals surface area contributed by atoms with Crippen molar-refractivity contribution in [1.82, 2.24) is 19.6 Å². The summed E-state index contributed by atoms with van der Waals surface area (Å²) in [6, 6.07) is 46.3. The number of aromatic nitrogens is 4. The lowest BCUT2D eigenvalue weighted by Gasteiger charge is -2.06. The monoisotopic (exact) mass is 881 g/mol. The van der Waals surface area contributed by atoms with Gasteiger partial charge in [0, 0.05) is 18.3 Å². The zero-order chi connectivity index (χ0) is 45.5. The van der Waals surface area contributed by atoms with Crippen LogP contribution in [0.1, 0.15) is 66.5 Å². The number of anilines is 1. The molecule has 0 aliphatic heterocycles. The SMILES string of the molecule is CC(=O)c1cc(C)nn1-c1ccc2ccccc2c1.CCOC(=O)C(=O)CC(C)=O.CCOC(=O)c1cc(C)n(-c2ccc3ccccc3c2)n1.NNc1ccc2ccccc2c1.[Cl-]. The Morgan fingerprint density at radius 3 is 1.56 bits per heavy atom. The number of rotatable bonds is 10. The molecule has 2 heterocycles. The van der Waals surface area contributed by atoms with Crippen molar-refractivity contribution in [3.8, 4) is 11.4 Å². The highest BCUT2D eigenvalue weighted by atomic mass is 35.5. The highest BCUT2D eigenvalue weighted by molar-refractivity contribution is 6.36. The summed E-state index contributed by atoms with van der Waals surface area (Å²) < 4.78 is 12.8. The van der Waals surface area contributed by atoms with Gasteiger partial charge in [-0.1, -0.05) is 91.0 Å². The van der Waals surface area contributed by atoms with Crippen molar-refractivity contribution in [1.29, 1.82) is 0 Å². The maximum atomic E-state index is 11.8. The van der Waals surface area contributed by atoms with Gasteiger partial charge in [0.15, 0.2) is 11.5 Å². The number of nitrogens with two attached hydrogens (primary N) is 1. The van der Waals surface area contributed by atoms with Crippen molar-refractivity contribution in [3.63, 3.8) is 0 Å². The van der Waals surface area contributed by atoms with Crippen LogP contribution in [0.4, 0.5) is 5.69 Å². The average Bonchev–Trinajstić information content (AvgIpc) is 3.89. The van der Waals surface area contributed by atoms with Crippen molar-refractivity contribution in [3.05, 3.63) is 162 Å². The van der Waals surface area contributed by atoms with Gasteiger partial charge in [0.1, 0.15) is 11.5 Å². The molecule has 8 rings (SSSR count). The van der Waals surface area contributed by atoms with Gasteiger partial charge in [-0.2, -0.15) is 10.2 Å². The second kappa shape index (κ2) is 23.7. The normalized spacial score (nSPS) is 10.2. The number of Topliss-reactive ketones (excluding diaryl/α,β-unsaturated/α-hetero) is 3. The molecule has 330 valence electrons. The van der Waals surface area contributed by atoms with E-state index in [2.05, 4.69) is 68.9 Å². The Morgan fingerprint density at radius 1 is 0.594 bits per heavy atom. The summed E-state index contributed by atoms with van der Waals surface area (Å²) in [5.74, 6) is 2.89. The van der Waals surface area contributed by atoms with Crippen LogP contribution in [0, 0.1) is 13.8 Å². The molecular formula is C50H50ClN6O7-. The number of hydrazine groups is 1. The number of carbonyl (C=O) groups is 5. The maximum Gasteiger partial charge on any atom is 0.375 e. The van der Waals surface area contributed by atoms with E-state index in [1.807, 2.05) is 98.8 Å². The van der Waals surface area contributed by atoms with E-state index in [1.165, 1.54) is 28.5 Å². The van der Waals surface area contributed by atoms with Crippen molar-refractivity contribution in [2.75, 3.05) is 18.6 Å². The van der Waals surface area contributed by atoms with Gasteiger partial charge in [-0.25, -0.2) is 19.0 Å². The highest BCUT2D eigenvalue weighted by Gasteiger charge is 2.17. The Balaban J connectivity index is 0.000000193. The van der Waals surface area contributed by atoms with Gasteiger partial charge in [-0.3, -0.25) is 20.2 Å². The number of benzene rings is 6. The van der Waals surface area contributed by atoms with E-state index in [-0.39, 0.29) is 43.0 Å². The first-order chi connectivity index (χ1) is 30.3. The molecule has 13 nitrogen and oxygen atoms in total. The number of carbonyl (C=O) groups excluding carboxylic acids is 5. The first kappa shape index (κ1) is 49.2. The summed E-state index contributed by atoms with van der Waals surface area (Å²) in [6.07, 6.45) is -0.362. The molecule has 8 aromatic rings. The minimum Gasteiger partial charge on any atom is -1.00 e. The zero-order valence-corrected chi connectivity index (χ0v) is 37.3. The summed E-state index contributed by atoms with van der Waals surface area (Å²) in [4.78, 5) is 54.9. The summed E-state index contributed by atoms with van der Waals surface area (Å²) in [7, 11) is 0. The number of ether oxygens (including phenoxy) is 2. The van der Waals surface area contributed by atoms with E-state index in [0.717, 1.165) is 39.2 Å². The Hall–Kier alpha value is -7.48. The molecule has 0 saturated carbocycles. The van der Waals surface area contributed by atoms with Crippen LogP contribution in [-0.2, 0) is 23.9 Å². The lowest BCUT2D eigenvalue weighted by atomic mass is 10.1. The summed E-state index contributed by atoms with van der Waals surface area (Å²) >= 11 is 0. The predicted octanol–water partition coefficient (Wildman–Crippen LogP) is 6.27. The van der Waals surface area contributed by atoms with Gasteiger partial charge in [0.2, 0.25) is 5.78 Å². The third-order valence-electron chi connectivity index (χ3n) is 9.35. The van der Waals surface area contributed by atoms with E-state index < -0.39 is 11.8 Å². The van der Waals surface area contributed by atoms with Crippen LogP contribution < -0.4 is 23.7 Å². The molecule has 14 heteroatoms. The minimum absolute atomic E-state index is 0. The molecule has 3 N–H and O–H groups in total. The number of fused-ring (bicyclic) bond motifs is 3. The van der Waals surface area contributed by atoms with E-state index in [9.17, 15) is 24.0 Å².